The van der Waals surface area contributed by atoms with Crippen molar-refractivity contribution in [2.45, 2.75) is 50.6 Å². The number of amides is 6. The number of nitrogens with one attached hydrogen (secondary N) is 2. The monoisotopic (exact) mass is 892 g/mol. The van der Waals surface area contributed by atoms with E-state index >= 15 is 0 Å². The Labute approximate surface area is 408 Å². The Morgan fingerprint density at radius 1 is 0.525 bits per heavy atom. The van der Waals surface area contributed by atoms with E-state index in [1.54, 1.807) is 117 Å². The Hall–Kier alpha value is -4.34. The summed E-state index contributed by atoms with van der Waals surface area (Å²) in [6.07, 6.45) is 2.42. The maximum atomic E-state index is 13.7. The van der Waals surface area contributed by atoms with Crippen LogP contribution in [0, 0.1) is 11.6 Å². The van der Waals surface area contributed by atoms with Crippen LogP contribution >= 0.6 is 23.2 Å². The van der Waals surface area contributed by atoms with Gasteiger partial charge in [-0.2, -0.15) is 0 Å². The van der Waals surface area contributed by atoms with Gasteiger partial charge in [0.2, 0.25) is 11.8 Å². The maximum Gasteiger partial charge on any atom is 1.00 e. The van der Waals surface area contributed by atoms with Crippen molar-refractivity contribution in [3.63, 3.8) is 0 Å². The number of benzene rings is 5. The number of urea groups is 2. The van der Waals surface area contributed by atoms with Crippen molar-refractivity contribution in [3.8, 4) is 0 Å². The molecule has 0 unspecified atom stereocenters. The molecule has 2 aliphatic rings. The number of anilines is 4. The standard InChI is InChI=1S/C46H44Cl2F2N6O4.K.H/c47-33-5-17-39(18-6-33)55(43(57)29-31-1-9-35(49)10-2-31)41-21-25-53(26-22-41)45(59)51-37-13-15-38(16-14-37)52-46(60)54-27-23-42(24-28-54)56(40-19-7-34(48)8-20-40)44(58)30-32-3-11-36(50)12-4-32;;/h1-20,41-42H,21-30H2,(H,51,59)(H,52,60);;/q;+1;-1. The fourth-order valence-corrected chi connectivity index (χ4v) is 7.99. The first-order valence-corrected chi connectivity index (χ1v) is 20.6. The van der Waals surface area contributed by atoms with Crippen LogP contribution in [0.2, 0.25) is 10.0 Å². The van der Waals surface area contributed by atoms with Gasteiger partial charge in [-0.05, 0) is 134 Å². The van der Waals surface area contributed by atoms with E-state index in [0.717, 1.165) is 0 Å². The number of carbonyl (C=O) groups excluding carboxylic acids is 4. The van der Waals surface area contributed by atoms with Crippen LogP contribution < -0.4 is 71.8 Å². The molecule has 2 saturated heterocycles. The fraction of sp³-hybridized carbons (Fsp3) is 0.261. The van der Waals surface area contributed by atoms with Crippen molar-refractivity contribution in [1.29, 1.82) is 0 Å². The average Bonchev–Trinajstić information content (AvgIpc) is 3.25. The second-order valence-corrected chi connectivity index (χ2v) is 15.8. The van der Waals surface area contributed by atoms with Crippen molar-refractivity contribution in [1.82, 2.24) is 9.80 Å². The molecular formula is C46H45Cl2F2KN6O4. The Morgan fingerprint density at radius 2 is 0.836 bits per heavy atom. The summed E-state index contributed by atoms with van der Waals surface area (Å²) in [6, 6.07) is 32.0. The van der Waals surface area contributed by atoms with Crippen LogP contribution in [0.4, 0.5) is 41.1 Å². The third kappa shape index (κ3) is 12.4. The van der Waals surface area contributed by atoms with Crippen LogP contribution in [-0.2, 0) is 22.4 Å². The van der Waals surface area contributed by atoms with Gasteiger partial charge < -0.3 is 31.7 Å². The summed E-state index contributed by atoms with van der Waals surface area (Å²) in [5.41, 5.74) is 3.94. The third-order valence-corrected chi connectivity index (χ3v) is 11.4. The van der Waals surface area contributed by atoms with Crippen molar-refractivity contribution < 1.29 is 80.8 Å². The van der Waals surface area contributed by atoms with Crippen molar-refractivity contribution in [3.05, 3.63) is 154 Å². The van der Waals surface area contributed by atoms with E-state index < -0.39 is 0 Å². The van der Waals surface area contributed by atoms with E-state index in [-0.39, 0.29) is 113 Å². The van der Waals surface area contributed by atoms with E-state index in [2.05, 4.69) is 10.6 Å². The Bertz CT molecular complexity index is 2120. The minimum Gasteiger partial charge on any atom is -1.00 e. The van der Waals surface area contributed by atoms with Gasteiger partial charge in [0, 0.05) is 71.1 Å². The third-order valence-electron chi connectivity index (χ3n) is 10.9. The Kier molecular flexibility index (Phi) is 16.4. The first kappa shape index (κ1) is 46.2. The van der Waals surface area contributed by atoms with Gasteiger partial charge in [-0.15, -0.1) is 0 Å². The number of nitrogens with zero attached hydrogens (tertiary/aromatic N) is 4. The molecule has 0 radical (unpaired) electrons. The molecule has 2 N–H and O–H groups in total. The minimum atomic E-state index is -0.366. The smallest absolute Gasteiger partial charge is 1.00 e. The number of hydrogen-bond acceptors (Lipinski definition) is 4. The number of piperidine rings is 2. The molecule has 312 valence electrons. The van der Waals surface area contributed by atoms with Gasteiger partial charge >= 0.3 is 63.4 Å². The summed E-state index contributed by atoms with van der Waals surface area (Å²) in [5, 5.41) is 6.98. The number of carbonyl (C=O) groups is 4. The second-order valence-electron chi connectivity index (χ2n) is 15.0. The second kappa shape index (κ2) is 21.6. The summed E-state index contributed by atoms with van der Waals surface area (Å²) >= 11 is 12.3. The summed E-state index contributed by atoms with van der Waals surface area (Å²) in [4.78, 5) is 60.9. The topological polar surface area (TPSA) is 105 Å². The molecule has 7 rings (SSSR count). The van der Waals surface area contributed by atoms with E-state index in [9.17, 15) is 28.0 Å². The van der Waals surface area contributed by atoms with Gasteiger partial charge in [0.15, 0.2) is 0 Å². The zero-order chi connectivity index (χ0) is 42.2. The quantitative estimate of drug-likeness (QED) is 0.149. The van der Waals surface area contributed by atoms with E-state index in [1.807, 2.05) is 0 Å². The number of halogens is 4. The van der Waals surface area contributed by atoms with Gasteiger partial charge in [-0.25, -0.2) is 18.4 Å². The van der Waals surface area contributed by atoms with Crippen LogP contribution in [0.3, 0.4) is 0 Å². The van der Waals surface area contributed by atoms with Gasteiger partial charge in [0.25, 0.3) is 0 Å². The number of rotatable bonds is 10. The molecule has 61 heavy (non-hydrogen) atoms. The molecule has 2 fully saturated rings. The maximum absolute atomic E-state index is 13.7. The fourth-order valence-electron chi connectivity index (χ4n) is 7.74. The summed E-state index contributed by atoms with van der Waals surface area (Å²) in [5.74, 6) is -0.991. The van der Waals surface area contributed by atoms with Crippen LogP contribution in [0.25, 0.3) is 0 Å². The summed E-state index contributed by atoms with van der Waals surface area (Å²) in [6.45, 7) is 1.70. The van der Waals surface area contributed by atoms with Crippen molar-refractivity contribution in [2.24, 2.45) is 0 Å². The first-order valence-electron chi connectivity index (χ1n) is 19.8. The first-order chi connectivity index (χ1) is 29.0. The van der Waals surface area contributed by atoms with Gasteiger partial charge in [-0.1, -0.05) is 47.5 Å². The van der Waals surface area contributed by atoms with Crippen LogP contribution in [0.15, 0.2) is 121 Å². The van der Waals surface area contributed by atoms with E-state index in [4.69, 9.17) is 23.2 Å². The molecule has 2 heterocycles. The predicted molar refractivity (Wildman–Crippen MR) is 233 cm³/mol. The molecule has 0 aliphatic carbocycles. The van der Waals surface area contributed by atoms with E-state index in [1.165, 1.54) is 24.3 Å². The largest absolute Gasteiger partial charge is 1.00 e. The van der Waals surface area contributed by atoms with Crippen LogP contribution in [0.5, 0.6) is 0 Å². The molecule has 0 saturated carbocycles. The molecule has 5 aromatic rings. The molecule has 0 bridgehead atoms. The number of likely N-dealkylation sites (tertiary alicyclic amines) is 2. The Morgan fingerprint density at radius 3 is 1.15 bits per heavy atom. The Balaban J connectivity index is 0.00000363. The molecule has 6 amide bonds. The van der Waals surface area contributed by atoms with Crippen LogP contribution in [-0.4, -0.2) is 71.9 Å². The van der Waals surface area contributed by atoms with Crippen molar-refractivity contribution in [2.75, 3.05) is 46.6 Å². The van der Waals surface area contributed by atoms with Gasteiger partial charge in [0.05, 0.1) is 12.8 Å². The van der Waals surface area contributed by atoms with Gasteiger partial charge in [-0.3, -0.25) is 9.59 Å². The van der Waals surface area contributed by atoms with Gasteiger partial charge in [0.1, 0.15) is 11.6 Å². The SMILES string of the molecule is O=C(Nc1ccc(NC(=O)N2CCC(N(C(=O)Cc3ccc(F)cc3)c3ccc(Cl)cc3)CC2)cc1)N1CCC(N(C(=O)Cc2ccc(F)cc2)c2ccc(Cl)cc2)CC1.[H-].[K+]. The van der Waals surface area contributed by atoms with Crippen LogP contribution in [0.1, 0.15) is 38.2 Å². The summed E-state index contributed by atoms with van der Waals surface area (Å²) in [7, 11) is 0. The minimum absolute atomic E-state index is 0. The predicted octanol–water partition coefficient (Wildman–Crippen LogP) is 6.93. The zero-order valence-corrected chi connectivity index (χ0v) is 38.3. The zero-order valence-electron chi connectivity index (χ0n) is 34.7. The number of hydrogen-bond donors (Lipinski definition) is 2. The summed E-state index contributed by atoms with van der Waals surface area (Å²) < 4.78 is 27.0. The molecule has 0 atom stereocenters. The van der Waals surface area contributed by atoms with E-state index in [0.29, 0.717) is 95.8 Å². The average molecular weight is 894 g/mol. The molecule has 5 aromatic carbocycles. The molecular weight excluding hydrogens is 849 g/mol. The normalized spacial score (nSPS) is 14.4. The molecule has 2 aliphatic heterocycles. The molecule has 0 spiro atoms. The molecule has 0 aromatic heterocycles. The molecule has 10 nitrogen and oxygen atoms in total. The molecule has 15 heteroatoms. The van der Waals surface area contributed by atoms with Crippen molar-refractivity contribution >= 4 is 69.8 Å².